The van der Waals surface area contributed by atoms with E-state index < -0.39 is 27.5 Å². The predicted molar refractivity (Wildman–Crippen MR) is 96.4 cm³/mol. The lowest BCUT2D eigenvalue weighted by atomic mass is 10.1. The van der Waals surface area contributed by atoms with E-state index in [2.05, 4.69) is 4.72 Å². The number of hydrogen-bond acceptors (Lipinski definition) is 5. The zero-order chi connectivity index (χ0) is 19.5. The van der Waals surface area contributed by atoms with Gasteiger partial charge in [-0.1, -0.05) is 41.4 Å². The Balaban J connectivity index is 2.36. The SMILES string of the molecule is O=C(O)/C(O)=C/C(=O)c1cccc(NS(=O)(=O)c2c(Cl)cccc2Cl)c1. The summed E-state index contributed by atoms with van der Waals surface area (Å²) in [7, 11) is -4.14. The monoisotopic (exact) mass is 415 g/mol. The molecule has 0 amide bonds. The van der Waals surface area contributed by atoms with Crippen LogP contribution in [0.1, 0.15) is 10.4 Å². The number of benzene rings is 2. The number of allylic oxidation sites excluding steroid dienone is 1. The first kappa shape index (κ1) is 19.8. The highest BCUT2D eigenvalue weighted by Gasteiger charge is 2.22. The van der Waals surface area contributed by atoms with Crippen LogP contribution in [-0.4, -0.2) is 30.4 Å². The Morgan fingerprint density at radius 1 is 1.00 bits per heavy atom. The fourth-order valence-corrected chi connectivity index (χ4v) is 4.15. The highest BCUT2D eigenvalue weighted by atomic mass is 35.5. The molecule has 0 atom stereocenters. The van der Waals surface area contributed by atoms with Crippen molar-refractivity contribution >= 4 is 50.7 Å². The number of aliphatic hydroxyl groups is 1. The van der Waals surface area contributed by atoms with E-state index >= 15 is 0 Å². The molecule has 0 aromatic heterocycles. The molecule has 7 nitrogen and oxygen atoms in total. The largest absolute Gasteiger partial charge is 0.502 e. The van der Waals surface area contributed by atoms with Crippen molar-refractivity contribution in [1.29, 1.82) is 0 Å². The van der Waals surface area contributed by atoms with Gasteiger partial charge in [-0.15, -0.1) is 0 Å². The summed E-state index contributed by atoms with van der Waals surface area (Å²) in [6.07, 6.45) is 0.515. The lowest BCUT2D eigenvalue weighted by Crippen LogP contribution is -2.14. The molecule has 0 fully saturated rings. The van der Waals surface area contributed by atoms with Gasteiger partial charge < -0.3 is 10.2 Å². The highest BCUT2D eigenvalue weighted by molar-refractivity contribution is 7.93. The Morgan fingerprint density at radius 3 is 2.15 bits per heavy atom. The van der Waals surface area contributed by atoms with Crippen LogP contribution in [0, 0.1) is 0 Å². The number of anilines is 1. The van der Waals surface area contributed by atoms with Crippen LogP contribution in [0.2, 0.25) is 10.0 Å². The Labute approximate surface area is 158 Å². The minimum atomic E-state index is -4.14. The summed E-state index contributed by atoms with van der Waals surface area (Å²) in [4.78, 5) is 22.2. The van der Waals surface area contributed by atoms with Crippen LogP contribution in [0.4, 0.5) is 5.69 Å². The first-order chi connectivity index (χ1) is 12.1. The Morgan fingerprint density at radius 2 is 1.58 bits per heavy atom. The van der Waals surface area contributed by atoms with Crippen LogP contribution in [0.5, 0.6) is 0 Å². The van der Waals surface area contributed by atoms with Gasteiger partial charge in [-0.2, -0.15) is 0 Å². The molecule has 0 saturated heterocycles. The van der Waals surface area contributed by atoms with Gasteiger partial charge in [-0.05, 0) is 24.3 Å². The molecule has 2 rings (SSSR count). The lowest BCUT2D eigenvalue weighted by Gasteiger charge is -2.11. The summed E-state index contributed by atoms with van der Waals surface area (Å²) in [5.74, 6) is -3.62. The Kier molecular flexibility index (Phi) is 5.91. The normalized spacial score (nSPS) is 11.8. The van der Waals surface area contributed by atoms with Crippen molar-refractivity contribution in [3.63, 3.8) is 0 Å². The molecule has 0 spiro atoms. The second-order valence-corrected chi connectivity index (χ2v) is 7.37. The highest BCUT2D eigenvalue weighted by Crippen LogP contribution is 2.30. The minimum Gasteiger partial charge on any atom is -0.502 e. The molecule has 2 aromatic carbocycles. The van der Waals surface area contributed by atoms with Crippen molar-refractivity contribution in [1.82, 2.24) is 0 Å². The number of sulfonamides is 1. The number of carbonyl (C=O) groups excluding carboxylic acids is 1. The van der Waals surface area contributed by atoms with Crippen molar-refractivity contribution in [3.05, 3.63) is 69.9 Å². The summed E-state index contributed by atoms with van der Waals surface area (Å²) < 4.78 is 27.2. The number of carboxylic acids is 1. The molecule has 0 saturated carbocycles. The zero-order valence-corrected chi connectivity index (χ0v) is 15.1. The van der Waals surface area contributed by atoms with Gasteiger partial charge >= 0.3 is 5.97 Å². The number of nitrogens with one attached hydrogen (secondary N) is 1. The van der Waals surface area contributed by atoms with Crippen molar-refractivity contribution in [2.75, 3.05) is 4.72 Å². The number of rotatable bonds is 6. The minimum absolute atomic E-state index is 0.0232. The lowest BCUT2D eigenvalue weighted by molar-refractivity contribution is -0.135. The Hall–Kier alpha value is -2.55. The molecule has 0 aliphatic heterocycles. The maximum atomic E-state index is 12.5. The summed E-state index contributed by atoms with van der Waals surface area (Å²) >= 11 is 11.8. The van der Waals surface area contributed by atoms with Crippen LogP contribution in [-0.2, 0) is 14.8 Å². The van der Waals surface area contributed by atoms with E-state index in [0.29, 0.717) is 6.08 Å². The number of carbonyl (C=O) groups is 2. The molecular formula is C16H11Cl2NO6S. The zero-order valence-electron chi connectivity index (χ0n) is 12.8. The van der Waals surface area contributed by atoms with E-state index in [4.69, 9.17) is 33.4 Å². The molecule has 0 aliphatic rings. The van der Waals surface area contributed by atoms with Crippen molar-refractivity contribution in [2.24, 2.45) is 0 Å². The summed E-state index contributed by atoms with van der Waals surface area (Å²) in [5.41, 5.74) is -0.0155. The van der Waals surface area contributed by atoms with Gasteiger partial charge in [0, 0.05) is 17.3 Å². The third-order valence-corrected chi connectivity index (χ3v) is 5.41. The topological polar surface area (TPSA) is 121 Å². The predicted octanol–water partition coefficient (Wildman–Crippen LogP) is 3.50. The van der Waals surface area contributed by atoms with Gasteiger partial charge in [-0.25, -0.2) is 13.2 Å². The third-order valence-electron chi connectivity index (χ3n) is 3.07. The van der Waals surface area contributed by atoms with E-state index in [-0.39, 0.29) is 26.2 Å². The number of ketones is 1. The van der Waals surface area contributed by atoms with E-state index in [1.807, 2.05) is 0 Å². The Bertz CT molecular complexity index is 997. The van der Waals surface area contributed by atoms with E-state index in [1.54, 1.807) is 0 Å². The van der Waals surface area contributed by atoms with E-state index in [0.717, 1.165) is 0 Å². The van der Waals surface area contributed by atoms with Gasteiger partial charge in [0.25, 0.3) is 10.0 Å². The summed E-state index contributed by atoms with van der Waals surface area (Å²) in [6, 6.07) is 9.47. The molecule has 2 aromatic rings. The van der Waals surface area contributed by atoms with Crippen LogP contribution >= 0.6 is 23.2 Å². The number of aliphatic carboxylic acids is 1. The van der Waals surface area contributed by atoms with Crippen molar-refractivity contribution in [2.45, 2.75) is 4.90 Å². The molecule has 26 heavy (non-hydrogen) atoms. The maximum absolute atomic E-state index is 12.5. The van der Waals surface area contributed by atoms with Crippen LogP contribution in [0.3, 0.4) is 0 Å². The molecule has 10 heteroatoms. The van der Waals surface area contributed by atoms with E-state index in [9.17, 15) is 18.0 Å². The standard InChI is InChI=1S/C16H11Cl2NO6S/c17-11-5-2-6-12(18)15(11)26(24,25)19-10-4-1-3-9(7-10)13(20)8-14(21)16(22)23/h1-8,19,21H,(H,22,23)/b14-8-. The van der Waals surface area contributed by atoms with Gasteiger partial charge in [-0.3, -0.25) is 9.52 Å². The molecule has 0 bridgehead atoms. The van der Waals surface area contributed by atoms with Crippen molar-refractivity contribution < 1.29 is 28.2 Å². The van der Waals surface area contributed by atoms with Crippen LogP contribution in [0.15, 0.2) is 59.2 Å². The fourth-order valence-electron chi connectivity index (χ4n) is 1.95. The molecule has 136 valence electrons. The van der Waals surface area contributed by atoms with Gasteiger partial charge in [0.15, 0.2) is 5.78 Å². The second kappa shape index (κ2) is 7.77. The molecule has 0 unspecified atom stereocenters. The smallest absolute Gasteiger partial charge is 0.371 e. The number of halogens is 2. The average molecular weight is 416 g/mol. The molecule has 0 aliphatic carbocycles. The fraction of sp³-hybridized carbons (Fsp3) is 0. The maximum Gasteiger partial charge on any atom is 0.371 e. The summed E-state index contributed by atoms with van der Waals surface area (Å²) in [6.45, 7) is 0. The van der Waals surface area contributed by atoms with Gasteiger partial charge in [0.1, 0.15) is 4.90 Å². The van der Waals surface area contributed by atoms with Crippen LogP contribution < -0.4 is 4.72 Å². The third kappa shape index (κ3) is 4.54. The van der Waals surface area contributed by atoms with Gasteiger partial charge in [0.2, 0.25) is 5.76 Å². The molecule has 0 radical (unpaired) electrons. The number of carboxylic acid groups (broad SMARTS) is 1. The average Bonchev–Trinajstić information content (AvgIpc) is 2.54. The number of aliphatic hydroxyl groups excluding tert-OH is 1. The number of hydrogen-bond donors (Lipinski definition) is 3. The van der Waals surface area contributed by atoms with Crippen molar-refractivity contribution in [3.8, 4) is 0 Å². The first-order valence-corrected chi connectivity index (χ1v) is 9.11. The summed E-state index contributed by atoms with van der Waals surface area (Å²) in [5, 5.41) is 17.5. The van der Waals surface area contributed by atoms with Crippen LogP contribution in [0.25, 0.3) is 0 Å². The second-order valence-electron chi connectivity index (χ2n) is 4.94. The van der Waals surface area contributed by atoms with E-state index in [1.165, 1.54) is 42.5 Å². The van der Waals surface area contributed by atoms with Gasteiger partial charge in [0.05, 0.1) is 10.0 Å². The molecule has 3 N–H and O–H groups in total. The molecule has 0 heterocycles. The first-order valence-electron chi connectivity index (χ1n) is 6.87. The quantitative estimate of drug-likeness (QED) is 0.377. The molecular weight excluding hydrogens is 405 g/mol.